The van der Waals surface area contributed by atoms with Crippen molar-refractivity contribution in [1.82, 2.24) is 4.98 Å². The first kappa shape index (κ1) is 14.4. The molecule has 0 unspecified atom stereocenters. The number of H-pyrrole nitrogens is 1. The summed E-state index contributed by atoms with van der Waals surface area (Å²) in [5.41, 5.74) is 0.229. The number of hydrogen-bond donors (Lipinski definition) is 2. The largest absolute Gasteiger partial charge is 0.482 e. The van der Waals surface area contributed by atoms with E-state index in [4.69, 9.17) is 27.9 Å². The molecule has 0 fully saturated rings. The van der Waals surface area contributed by atoms with E-state index < -0.39 is 0 Å². The van der Waals surface area contributed by atoms with E-state index in [1.54, 1.807) is 12.1 Å². The lowest BCUT2D eigenvalue weighted by Gasteiger charge is -2.08. The van der Waals surface area contributed by atoms with E-state index in [1.807, 2.05) is 0 Å². The average Bonchev–Trinajstić information content (AvgIpc) is 2.40. The molecule has 0 atom stereocenters. The number of halogens is 2. The van der Waals surface area contributed by atoms with E-state index in [1.165, 1.54) is 24.4 Å². The molecule has 0 spiro atoms. The van der Waals surface area contributed by atoms with Gasteiger partial charge in [-0.3, -0.25) is 9.59 Å². The van der Waals surface area contributed by atoms with Crippen LogP contribution in [0.2, 0.25) is 10.0 Å². The number of anilines is 1. The van der Waals surface area contributed by atoms with Gasteiger partial charge >= 0.3 is 0 Å². The molecule has 0 saturated carbocycles. The van der Waals surface area contributed by atoms with Crippen molar-refractivity contribution in [2.45, 2.75) is 0 Å². The maximum Gasteiger partial charge on any atom is 0.262 e. The zero-order valence-electron chi connectivity index (χ0n) is 10.2. The molecule has 2 N–H and O–H groups in total. The van der Waals surface area contributed by atoms with Crippen LogP contribution in [0.1, 0.15) is 0 Å². The quantitative estimate of drug-likeness (QED) is 0.911. The second kappa shape index (κ2) is 6.45. The Morgan fingerprint density at radius 3 is 2.70 bits per heavy atom. The molecule has 0 radical (unpaired) electrons. The number of ether oxygens (including phenoxy) is 1. The van der Waals surface area contributed by atoms with Crippen molar-refractivity contribution in [3.63, 3.8) is 0 Å². The monoisotopic (exact) mass is 312 g/mol. The minimum atomic E-state index is -0.372. The number of pyridine rings is 1. The molecule has 0 aliphatic heterocycles. The predicted molar refractivity (Wildman–Crippen MR) is 77.6 cm³/mol. The summed E-state index contributed by atoms with van der Waals surface area (Å²) in [6.07, 6.45) is 1.40. The van der Waals surface area contributed by atoms with Crippen LogP contribution in [0.25, 0.3) is 0 Å². The third kappa shape index (κ3) is 4.01. The molecule has 7 heteroatoms. The van der Waals surface area contributed by atoms with E-state index in [2.05, 4.69) is 10.3 Å². The molecule has 5 nitrogen and oxygen atoms in total. The fourth-order valence-corrected chi connectivity index (χ4v) is 1.88. The molecule has 0 aliphatic rings. The summed E-state index contributed by atoms with van der Waals surface area (Å²) in [6, 6.07) is 7.53. The van der Waals surface area contributed by atoms with E-state index >= 15 is 0 Å². The van der Waals surface area contributed by atoms with Gasteiger partial charge in [0, 0.05) is 17.3 Å². The van der Waals surface area contributed by atoms with E-state index in [0.717, 1.165) is 0 Å². The molecule has 1 aromatic carbocycles. The minimum Gasteiger partial charge on any atom is -0.482 e. The van der Waals surface area contributed by atoms with Crippen molar-refractivity contribution in [3.05, 3.63) is 56.9 Å². The van der Waals surface area contributed by atoms with Gasteiger partial charge in [0.05, 0.1) is 10.7 Å². The first-order chi connectivity index (χ1) is 9.54. The van der Waals surface area contributed by atoms with Gasteiger partial charge in [-0.15, -0.1) is 0 Å². The number of aromatic amines is 1. The number of carbonyl (C=O) groups is 1. The van der Waals surface area contributed by atoms with Crippen molar-refractivity contribution < 1.29 is 9.53 Å². The summed E-state index contributed by atoms with van der Waals surface area (Å²) in [6.45, 7) is -0.208. The van der Waals surface area contributed by atoms with Gasteiger partial charge in [-0.25, -0.2) is 0 Å². The number of aromatic nitrogens is 1. The highest BCUT2D eigenvalue weighted by Gasteiger charge is 2.07. The van der Waals surface area contributed by atoms with Crippen LogP contribution in [0.15, 0.2) is 41.3 Å². The van der Waals surface area contributed by atoms with E-state index in [9.17, 15) is 9.59 Å². The highest BCUT2D eigenvalue weighted by molar-refractivity contribution is 6.35. The standard InChI is InChI=1S/C13H10Cl2N2O3/c14-8-1-3-11(10(15)5-8)20-7-13(19)17-9-2-4-12(18)16-6-9/h1-6H,7H2,(H,16,18)(H,17,19). The molecule has 104 valence electrons. The van der Waals surface area contributed by atoms with Crippen LogP contribution >= 0.6 is 23.2 Å². The Bertz CT molecular complexity index is 665. The van der Waals surface area contributed by atoms with Crippen molar-refractivity contribution in [2.75, 3.05) is 11.9 Å². The van der Waals surface area contributed by atoms with Crippen molar-refractivity contribution >= 4 is 34.8 Å². The van der Waals surface area contributed by atoms with Gasteiger partial charge in [0.2, 0.25) is 5.56 Å². The maximum absolute atomic E-state index is 11.7. The zero-order valence-corrected chi connectivity index (χ0v) is 11.7. The van der Waals surface area contributed by atoms with Gasteiger partial charge in [-0.1, -0.05) is 23.2 Å². The second-order valence-electron chi connectivity index (χ2n) is 3.85. The molecule has 0 saturated heterocycles. The van der Waals surface area contributed by atoms with Gasteiger partial charge in [-0.05, 0) is 24.3 Å². The van der Waals surface area contributed by atoms with Crippen LogP contribution in [0.5, 0.6) is 5.75 Å². The van der Waals surface area contributed by atoms with Gasteiger partial charge in [0.1, 0.15) is 5.75 Å². The topological polar surface area (TPSA) is 71.2 Å². The Labute approximate surface area is 124 Å². The van der Waals surface area contributed by atoms with Crippen molar-refractivity contribution in [2.24, 2.45) is 0 Å². The summed E-state index contributed by atoms with van der Waals surface area (Å²) in [7, 11) is 0. The average molecular weight is 313 g/mol. The number of hydrogen-bond acceptors (Lipinski definition) is 3. The van der Waals surface area contributed by atoms with E-state index in [0.29, 0.717) is 21.5 Å². The molecule has 1 amide bonds. The van der Waals surface area contributed by atoms with Crippen molar-refractivity contribution in [3.8, 4) is 5.75 Å². The van der Waals surface area contributed by atoms with Gasteiger partial charge in [-0.2, -0.15) is 0 Å². The fourth-order valence-electron chi connectivity index (χ4n) is 1.42. The van der Waals surface area contributed by atoms with Crippen molar-refractivity contribution in [1.29, 1.82) is 0 Å². The molecule has 0 aliphatic carbocycles. The second-order valence-corrected chi connectivity index (χ2v) is 4.70. The smallest absolute Gasteiger partial charge is 0.262 e. The summed E-state index contributed by atoms with van der Waals surface area (Å²) < 4.78 is 5.27. The van der Waals surface area contributed by atoms with Crippen LogP contribution in [0, 0.1) is 0 Å². The maximum atomic E-state index is 11.7. The Morgan fingerprint density at radius 2 is 2.05 bits per heavy atom. The molecular formula is C13H10Cl2N2O3. The number of amides is 1. The van der Waals surface area contributed by atoms with Crippen LogP contribution in [-0.2, 0) is 4.79 Å². The van der Waals surface area contributed by atoms with Gasteiger partial charge < -0.3 is 15.0 Å². The predicted octanol–water partition coefficient (Wildman–Crippen LogP) is 2.70. The molecule has 2 aromatic rings. The summed E-state index contributed by atoms with van der Waals surface area (Å²) >= 11 is 11.7. The number of carbonyl (C=O) groups excluding carboxylic acids is 1. The molecule has 1 heterocycles. The Hall–Kier alpha value is -1.98. The van der Waals surface area contributed by atoms with Crippen LogP contribution in [0.3, 0.4) is 0 Å². The molecule has 20 heavy (non-hydrogen) atoms. The lowest BCUT2D eigenvalue weighted by Crippen LogP contribution is -2.20. The molecule has 1 aromatic heterocycles. The molecule has 0 bridgehead atoms. The third-order valence-electron chi connectivity index (χ3n) is 2.32. The first-order valence-electron chi connectivity index (χ1n) is 5.61. The molecular weight excluding hydrogens is 303 g/mol. The lowest BCUT2D eigenvalue weighted by atomic mass is 10.3. The molecule has 2 rings (SSSR count). The van der Waals surface area contributed by atoms with Gasteiger partial charge in [0.15, 0.2) is 6.61 Å². The lowest BCUT2D eigenvalue weighted by molar-refractivity contribution is -0.118. The summed E-state index contributed by atoms with van der Waals surface area (Å²) in [5, 5.41) is 3.38. The summed E-state index contributed by atoms with van der Waals surface area (Å²) in [5.74, 6) is -0.00393. The highest BCUT2D eigenvalue weighted by atomic mass is 35.5. The highest BCUT2D eigenvalue weighted by Crippen LogP contribution is 2.27. The normalized spacial score (nSPS) is 10.1. The first-order valence-corrected chi connectivity index (χ1v) is 6.36. The van der Waals surface area contributed by atoms with Crippen LogP contribution in [-0.4, -0.2) is 17.5 Å². The Kier molecular flexibility index (Phi) is 4.65. The fraction of sp³-hybridized carbons (Fsp3) is 0.0769. The minimum absolute atomic E-state index is 0.208. The third-order valence-corrected chi connectivity index (χ3v) is 2.85. The number of nitrogens with one attached hydrogen (secondary N) is 2. The van der Waals surface area contributed by atoms with Gasteiger partial charge in [0.25, 0.3) is 5.91 Å². The zero-order chi connectivity index (χ0) is 14.5. The summed E-state index contributed by atoms with van der Waals surface area (Å²) in [4.78, 5) is 25.0. The Morgan fingerprint density at radius 1 is 1.25 bits per heavy atom. The number of rotatable bonds is 4. The van der Waals surface area contributed by atoms with Crippen LogP contribution in [0.4, 0.5) is 5.69 Å². The SMILES string of the molecule is O=C(COc1ccc(Cl)cc1Cl)Nc1ccc(=O)[nH]c1. The Balaban J connectivity index is 1.92. The van der Waals surface area contributed by atoms with E-state index in [-0.39, 0.29) is 18.1 Å². The van der Waals surface area contributed by atoms with Crippen LogP contribution < -0.4 is 15.6 Å². The number of benzene rings is 1.